The lowest BCUT2D eigenvalue weighted by Gasteiger charge is -2.38. The average molecular weight is 468 g/mol. The van der Waals surface area contributed by atoms with Gasteiger partial charge in [-0.1, -0.05) is 11.3 Å². The average Bonchev–Trinajstić information content (AvgIpc) is 3.23. The second-order valence-corrected chi connectivity index (χ2v) is 10.4. The summed E-state index contributed by atoms with van der Waals surface area (Å²) in [6, 6.07) is 2.81. The van der Waals surface area contributed by atoms with Gasteiger partial charge in [0.05, 0.1) is 22.3 Å². The minimum absolute atomic E-state index is 0.276. The van der Waals surface area contributed by atoms with Crippen LogP contribution in [0.1, 0.15) is 38.1 Å². The minimum atomic E-state index is -2.68. The Labute approximate surface area is 184 Å². The van der Waals surface area contributed by atoms with Gasteiger partial charge in [0, 0.05) is 37.4 Å². The van der Waals surface area contributed by atoms with E-state index >= 15 is 0 Å². The highest BCUT2D eigenvalue weighted by Crippen LogP contribution is 2.33. The fraction of sp³-hybridized carbons (Fsp3) is 0.526. The number of hydrogen-bond donors (Lipinski definition) is 2. The quantitative estimate of drug-likeness (QED) is 0.580. The number of anilines is 1. The van der Waals surface area contributed by atoms with Crippen LogP contribution in [0.4, 0.5) is 14.5 Å². The molecule has 0 spiro atoms. The number of halogens is 2. The topological polar surface area (TPSA) is 87.5 Å². The highest BCUT2D eigenvalue weighted by atomic mass is 32.2. The summed E-state index contributed by atoms with van der Waals surface area (Å²) in [5.41, 5.74) is 1.73. The van der Waals surface area contributed by atoms with Gasteiger partial charge in [-0.3, -0.25) is 4.40 Å². The molecule has 31 heavy (non-hydrogen) atoms. The number of hydrogen-bond acceptors (Lipinski definition) is 7. The Morgan fingerprint density at radius 2 is 2.00 bits per heavy atom. The van der Waals surface area contributed by atoms with Crippen LogP contribution >= 0.6 is 11.3 Å². The smallest absolute Gasteiger partial charge is 0.291 e. The van der Waals surface area contributed by atoms with Gasteiger partial charge in [-0.05, 0) is 32.8 Å². The SMILES string of the molecule is C[C@@H]1CN(c2cc(S(=O)NC3CC3)cn3c(-c4nnc(C(F)F)s4)ncc23)C[C@H](C)N1. The van der Waals surface area contributed by atoms with Crippen LogP contribution < -0.4 is 14.9 Å². The summed E-state index contributed by atoms with van der Waals surface area (Å²) in [6.07, 6.45) is 2.83. The molecule has 0 bridgehead atoms. The molecule has 2 N–H and O–H groups in total. The maximum atomic E-state index is 13.0. The van der Waals surface area contributed by atoms with Crippen molar-refractivity contribution in [3.05, 3.63) is 23.5 Å². The number of pyridine rings is 1. The van der Waals surface area contributed by atoms with Crippen molar-refractivity contribution in [1.29, 1.82) is 0 Å². The first-order valence-electron chi connectivity index (χ1n) is 10.2. The normalized spacial score (nSPS) is 23.1. The van der Waals surface area contributed by atoms with Crippen LogP contribution in [0.15, 0.2) is 23.4 Å². The summed E-state index contributed by atoms with van der Waals surface area (Å²) >= 11 is 0.820. The number of fused-ring (bicyclic) bond motifs is 1. The number of piperazine rings is 1. The molecule has 1 unspecified atom stereocenters. The van der Waals surface area contributed by atoms with Crippen molar-refractivity contribution >= 4 is 33.5 Å². The van der Waals surface area contributed by atoms with Gasteiger partial charge < -0.3 is 10.2 Å². The van der Waals surface area contributed by atoms with Gasteiger partial charge in [0.1, 0.15) is 11.0 Å². The number of aromatic nitrogens is 4. The Morgan fingerprint density at radius 3 is 2.65 bits per heavy atom. The van der Waals surface area contributed by atoms with Crippen molar-refractivity contribution < 1.29 is 13.0 Å². The van der Waals surface area contributed by atoms with Gasteiger partial charge in [0.2, 0.25) is 0 Å². The van der Waals surface area contributed by atoms with E-state index in [1.807, 2.05) is 6.07 Å². The predicted molar refractivity (Wildman–Crippen MR) is 116 cm³/mol. The molecule has 1 aliphatic heterocycles. The summed E-state index contributed by atoms with van der Waals surface area (Å²) < 4.78 is 44.0. The van der Waals surface area contributed by atoms with Crippen LogP contribution in [0, 0.1) is 0 Å². The van der Waals surface area contributed by atoms with Gasteiger partial charge in [0.15, 0.2) is 15.8 Å². The number of rotatable bonds is 6. The molecule has 0 aromatic carbocycles. The first-order valence-corrected chi connectivity index (χ1v) is 12.2. The number of alkyl halides is 2. The summed E-state index contributed by atoms with van der Waals surface area (Å²) in [5, 5.41) is 11.0. The number of imidazole rings is 1. The molecule has 3 aromatic rings. The third kappa shape index (κ3) is 4.21. The van der Waals surface area contributed by atoms with Crippen molar-refractivity contribution in [3.8, 4) is 10.8 Å². The maximum absolute atomic E-state index is 13.0. The standard InChI is InChI=1S/C19H23F2N7OS2/c1-10-7-27(8-11(2)23-10)14-5-13(31(29)26-12-3-4-12)9-28-15(14)6-22-17(28)19-25-24-18(30-19)16(20)21/h5-6,9-12,16,23,26H,3-4,7-8H2,1-2H3/t10-,11+,31?. The van der Waals surface area contributed by atoms with Gasteiger partial charge in [-0.15, -0.1) is 10.2 Å². The lowest BCUT2D eigenvalue weighted by atomic mass is 10.1. The minimum Gasteiger partial charge on any atom is -0.367 e. The third-order valence-electron chi connectivity index (χ3n) is 5.38. The van der Waals surface area contributed by atoms with Crippen LogP contribution in [0.25, 0.3) is 16.3 Å². The predicted octanol–water partition coefficient (Wildman–Crippen LogP) is 2.75. The van der Waals surface area contributed by atoms with Crippen LogP contribution in [-0.4, -0.2) is 55.0 Å². The fourth-order valence-electron chi connectivity index (χ4n) is 3.92. The molecular formula is C19H23F2N7OS2. The molecule has 3 atom stereocenters. The summed E-state index contributed by atoms with van der Waals surface area (Å²) in [4.78, 5) is 7.35. The molecular weight excluding hydrogens is 444 g/mol. The largest absolute Gasteiger partial charge is 0.367 e. The first kappa shape index (κ1) is 20.9. The molecule has 8 nitrogen and oxygen atoms in total. The van der Waals surface area contributed by atoms with Crippen LogP contribution in [0.5, 0.6) is 0 Å². The Hall–Kier alpha value is -2.02. The van der Waals surface area contributed by atoms with Gasteiger partial charge in [-0.2, -0.15) is 0 Å². The van der Waals surface area contributed by atoms with Crippen molar-refractivity contribution in [2.45, 2.75) is 56.1 Å². The first-order chi connectivity index (χ1) is 14.9. The van der Waals surface area contributed by atoms with E-state index in [9.17, 15) is 13.0 Å². The Kier molecular flexibility index (Phi) is 5.49. The Bertz CT molecular complexity index is 1120. The number of nitrogens with one attached hydrogen (secondary N) is 2. The summed E-state index contributed by atoms with van der Waals surface area (Å²) in [6.45, 7) is 5.85. The van der Waals surface area contributed by atoms with Crippen molar-refractivity contribution in [2.24, 2.45) is 0 Å². The van der Waals surface area contributed by atoms with Crippen molar-refractivity contribution in [2.75, 3.05) is 18.0 Å². The van der Waals surface area contributed by atoms with Crippen LogP contribution in [-0.2, 0) is 11.0 Å². The summed E-state index contributed by atoms with van der Waals surface area (Å²) in [5.74, 6) is 0.419. The molecule has 3 aromatic heterocycles. The number of nitrogens with zero attached hydrogens (tertiary/aromatic N) is 5. The molecule has 12 heteroatoms. The molecule has 1 saturated heterocycles. The van der Waals surface area contributed by atoms with Gasteiger partial charge >= 0.3 is 0 Å². The molecule has 2 aliphatic rings. The van der Waals surface area contributed by atoms with E-state index in [0.29, 0.717) is 27.8 Å². The van der Waals surface area contributed by atoms with Crippen LogP contribution in [0.3, 0.4) is 0 Å². The zero-order valence-corrected chi connectivity index (χ0v) is 18.7. The van der Waals surface area contributed by atoms with Gasteiger partial charge in [0.25, 0.3) is 6.43 Å². The van der Waals surface area contributed by atoms with Crippen LogP contribution in [0.2, 0.25) is 0 Å². The van der Waals surface area contributed by atoms with Crippen molar-refractivity contribution in [3.63, 3.8) is 0 Å². The lowest BCUT2D eigenvalue weighted by Crippen LogP contribution is -2.54. The van der Waals surface area contributed by atoms with E-state index in [2.05, 4.69) is 44.0 Å². The monoisotopic (exact) mass is 467 g/mol. The maximum Gasteiger partial charge on any atom is 0.291 e. The van der Waals surface area contributed by atoms with E-state index < -0.39 is 17.4 Å². The molecule has 0 radical (unpaired) electrons. The third-order valence-corrected chi connectivity index (χ3v) is 7.50. The Balaban J connectivity index is 1.62. The fourth-order valence-corrected chi connectivity index (χ4v) is 5.71. The van der Waals surface area contributed by atoms with E-state index in [0.717, 1.165) is 48.5 Å². The molecule has 1 aliphatic carbocycles. The molecule has 2 fully saturated rings. The zero-order chi connectivity index (χ0) is 21.7. The second kappa shape index (κ2) is 8.15. The summed E-state index contributed by atoms with van der Waals surface area (Å²) in [7, 11) is -1.38. The molecule has 5 rings (SSSR count). The van der Waals surface area contributed by atoms with E-state index in [-0.39, 0.29) is 11.0 Å². The lowest BCUT2D eigenvalue weighted by molar-refractivity contribution is 0.150. The Morgan fingerprint density at radius 1 is 1.26 bits per heavy atom. The highest BCUT2D eigenvalue weighted by molar-refractivity contribution is 7.83. The molecule has 166 valence electrons. The van der Waals surface area contributed by atoms with E-state index in [1.165, 1.54) is 0 Å². The molecule has 1 saturated carbocycles. The molecule has 0 amide bonds. The van der Waals surface area contributed by atoms with Gasteiger partial charge in [-0.25, -0.2) is 22.7 Å². The second-order valence-electron chi connectivity index (χ2n) is 8.18. The molecule has 4 heterocycles. The van der Waals surface area contributed by atoms with E-state index in [4.69, 9.17) is 0 Å². The van der Waals surface area contributed by atoms with E-state index in [1.54, 1.807) is 16.8 Å². The zero-order valence-electron chi connectivity index (χ0n) is 17.1. The highest BCUT2D eigenvalue weighted by Gasteiger charge is 2.28. The van der Waals surface area contributed by atoms with Crippen molar-refractivity contribution in [1.82, 2.24) is 29.6 Å².